The number of carbonyl (C=O) groups excluding carboxylic acids is 1. The van der Waals surface area contributed by atoms with Crippen LogP contribution in [0.4, 0.5) is 4.79 Å². The molecule has 1 saturated carbocycles. The average Bonchev–Trinajstić information content (AvgIpc) is 3.59. The Morgan fingerprint density at radius 1 is 1.04 bits per heavy atom. The van der Waals surface area contributed by atoms with Gasteiger partial charge in [0.15, 0.2) is 0 Å². The largest absolute Gasteiger partial charge is 0.371 e. The highest BCUT2D eigenvalue weighted by molar-refractivity contribution is 5.74. The van der Waals surface area contributed by atoms with Crippen LogP contribution in [0, 0.1) is 11.3 Å². The van der Waals surface area contributed by atoms with Crippen molar-refractivity contribution in [2.24, 2.45) is 11.3 Å². The summed E-state index contributed by atoms with van der Waals surface area (Å²) in [5.41, 5.74) is 4.84. The molecule has 0 bridgehead atoms. The van der Waals surface area contributed by atoms with Crippen LogP contribution in [0.25, 0.3) is 0 Å². The highest BCUT2D eigenvalue weighted by atomic mass is 16.2. The molecule has 0 aromatic rings. The van der Waals surface area contributed by atoms with Gasteiger partial charge in [-0.25, -0.2) is 4.79 Å². The van der Waals surface area contributed by atoms with Crippen molar-refractivity contribution in [2.45, 2.75) is 65.2 Å². The van der Waals surface area contributed by atoms with Gasteiger partial charge in [0.05, 0.1) is 0 Å². The van der Waals surface area contributed by atoms with Crippen LogP contribution in [0.5, 0.6) is 0 Å². The number of hydrogen-bond donors (Lipinski definition) is 1. The Morgan fingerprint density at radius 2 is 1.82 bits per heavy atom. The van der Waals surface area contributed by atoms with Gasteiger partial charge in [-0.05, 0) is 79.9 Å². The van der Waals surface area contributed by atoms with Crippen LogP contribution in [0.3, 0.4) is 0 Å². The lowest BCUT2D eigenvalue weighted by Gasteiger charge is -2.38. The molecule has 1 heterocycles. The maximum Gasteiger partial charge on any atom is 0.317 e. The van der Waals surface area contributed by atoms with E-state index in [1.54, 1.807) is 11.1 Å². The Kier molecular flexibility index (Phi) is 5.84. The molecular weight excluding hydrogens is 346 g/mol. The van der Waals surface area contributed by atoms with Gasteiger partial charge in [0, 0.05) is 38.4 Å². The van der Waals surface area contributed by atoms with Gasteiger partial charge in [-0.15, -0.1) is 0 Å². The third-order valence-corrected chi connectivity index (χ3v) is 7.18. The molecule has 1 N–H and O–H groups in total. The predicted molar refractivity (Wildman–Crippen MR) is 115 cm³/mol. The van der Waals surface area contributed by atoms with Crippen LogP contribution >= 0.6 is 0 Å². The van der Waals surface area contributed by atoms with Crippen molar-refractivity contribution in [3.05, 3.63) is 35.1 Å². The molecule has 4 aliphatic rings. The number of piperazine rings is 1. The van der Waals surface area contributed by atoms with Crippen molar-refractivity contribution in [3.8, 4) is 0 Å². The molecule has 4 nitrogen and oxygen atoms in total. The first-order valence-electron chi connectivity index (χ1n) is 11.4. The van der Waals surface area contributed by atoms with E-state index in [0.29, 0.717) is 0 Å². The summed E-state index contributed by atoms with van der Waals surface area (Å²) in [6, 6.07) is 0.123. The molecular formula is C24H37N3O. The third kappa shape index (κ3) is 4.64. The Morgan fingerprint density at radius 3 is 2.43 bits per heavy atom. The van der Waals surface area contributed by atoms with E-state index in [9.17, 15) is 4.79 Å². The van der Waals surface area contributed by atoms with E-state index < -0.39 is 0 Å². The summed E-state index contributed by atoms with van der Waals surface area (Å²) < 4.78 is 0. The van der Waals surface area contributed by atoms with E-state index in [-0.39, 0.29) is 11.4 Å². The number of allylic oxidation sites excluding steroid dienone is 6. The van der Waals surface area contributed by atoms with Crippen molar-refractivity contribution in [3.63, 3.8) is 0 Å². The molecule has 154 valence electrons. The molecule has 4 heteroatoms. The number of carbonyl (C=O) groups is 1. The van der Waals surface area contributed by atoms with Crippen LogP contribution in [0.1, 0.15) is 65.2 Å². The number of nitrogens with one attached hydrogen (secondary N) is 1. The summed E-state index contributed by atoms with van der Waals surface area (Å²) in [6.07, 6.45) is 17.3. The second-order valence-corrected chi connectivity index (χ2v) is 9.72. The average molecular weight is 384 g/mol. The number of urea groups is 1. The van der Waals surface area contributed by atoms with Crippen LogP contribution in [-0.2, 0) is 0 Å². The van der Waals surface area contributed by atoms with Gasteiger partial charge in [0.25, 0.3) is 0 Å². The Bertz CT molecular complexity index is 676. The smallest absolute Gasteiger partial charge is 0.317 e. The van der Waals surface area contributed by atoms with Gasteiger partial charge < -0.3 is 15.1 Å². The molecule has 0 aromatic heterocycles. The lowest BCUT2D eigenvalue weighted by molar-refractivity contribution is 0.150. The van der Waals surface area contributed by atoms with Gasteiger partial charge in [-0.1, -0.05) is 26.0 Å². The molecule has 3 aliphatic carbocycles. The molecule has 0 atom stereocenters. The second-order valence-electron chi connectivity index (χ2n) is 9.72. The normalized spacial score (nSPS) is 23.7. The molecule has 0 radical (unpaired) electrons. The van der Waals surface area contributed by atoms with Crippen molar-refractivity contribution in [2.75, 3.05) is 32.7 Å². The van der Waals surface area contributed by atoms with Crippen LogP contribution in [-0.4, -0.2) is 48.6 Å². The molecule has 1 aliphatic heterocycles. The Balaban J connectivity index is 1.25. The summed E-state index contributed by atoms with van der Waals surface area (Å²) in [7, 11) is 0. The fraction of sp³-hybridized carbons (Fsp3) is 0.708. The summed E-state index contributed by atoms with van der Waals surface area (Å²) in [5, 5.41) is 3.19. The van der Waals surface area contributed by atoms with Gasteiger partial charge in [0.2, 0.25) is 0 Å². The van der Waals surface area contributed by atoms with Gasteiger partial charge in [0.1, 0.15) is 0 Å². The summed E-state index contributed by atoms with van der Waals surface area (Å²) in [6.45, 7) is 8.93. The first-order valence-corrected chi connectivity index (χ1v) is 11.4. The molecule has 2 fully saturated rings. The number of hydrogen-bond acceptors (Lipinski definition) is 2. The van der Waals surface area contributed by atoms with Gasteiger partial charge in [-0.2, -0.15) is 0 Å². The van der Waals surface area contributed by atoms with E-state index in [1.807, 2.05) is 4.90 Å². The molecule has 28 heavy (non-hydrogen) atoms. The zero-order valence-corrected chi connectivity index (χ0v) is 17.8. The topological polar surface area (TPSA) is 35.6 Å². The van der Waals surface area contributed by atoms with E-state index >= 15 is 0 Å². The first kappa shape index (κ1) is 19.6. The molecule has 2 amide bonds. The van der Waals surface area contributed by atoms with Crippen molar-refractivity contribution in [1.82, 2.24) is 15.1 Å². The maximum atomic E-state index is 12.6. The van der Waals surface area contributed by atoms with Crippen LogP contribution < -0.4 is 5.32 Å². The molecule has 0 spiro atoms. The SMILES string of the molecule is CC(C)(CNC(=O)N1CCN(C2=CC=C(C3=CCCCC3)CC2)CC1)C1CC1. The predicted octanol–water partition coefficient (Wildman–Crippen LogP) is 4.85. The maximum absolute atomic E-state index is 12.6. The summed E-state index contributed by atoms with van der Waals surface area (Å²) in [5.74, 6) is 0.796. The van der Waals surface area contributed by atoms with Crippen molar-refractivity contribution >= 4 is 6.03 Å². The summed E-state index contributed by atoms with van der Waals surface area (Å²) in [4.78, 5) is 17.0. The monoisotopic (exact) mass is 383 g/mol. The van der Waals surface area contributed by atoms with Crippen LogP contribution in [0.2, 0.25) is 0 Å². The second kappa shape index (κ2) is 8.34. The van der Waals surface area contributed by atoms with E-state index in [1.165, 1.54) is 50.6 Å². The molecule has 0 aromatic carbocycles. The lowest BCUT2D eigenvalue weighted by Crippen LogP contribution is -2.52. The van der Waals surface area contributed by atoms with Crippen molar-refractivity contribution in [1.29, 1.82) is 0 Å². The Hall–Kier alpha value is -1.71. The van der Waals surface area contributed by atoms with Crippen LogP contribution in [0.15, 0.2) is 35.1 Å². The lowest BCUT2D eigenvalue weighted by atomic mass is 9.87. The minimum absolute atomic E-state index is 0.123. The van der Waals surface area contributed by atoms with Gasteiger partial charge >= 0.3 is 6.03 Å². The number of amides is 2. The number of rotatable bonds is 5. The highest BCUT2D eigenvalue weighted by Crippen LogP contribution is 2.44. The van der Waals surface area contributed by atoms with E-state index in [0.717, 1.165) is 45.1 Å². The first-order chi connectivity index (χ1) is 13.5. The molecule has 0 unspecified atom stereocenters. The van der Waals surface area contributed by atoms with Crippen molar-refractivity contribution < 1.29 is 4.79 Å². The van der Waals surface area contributed by atoms with E-state index in [2.05, 4.69) is 42.3 Å². The standard InChI is InChI=1S/C24H37N3O/c1-24(2,21-10-11-21)18-25-23(28)27-16-14-26(15-17-27)22-12-8-20(9-13-22)19-6-4-3-5-7-19/h6,8,12,21H,3-5,7,9-11,13-18H2,1-2H3,(H,25,28). The zero-order chi connectivity index (χ0) is 19.6. The minimum atomic E-state index is 0.123. The zero-order valence-electron chi connectivity index (χ0n) is 17.8. The highest BCUT2D eigenvalue weighted by Gasteiger charge is 2.38. The fourth-order valence-corrected chi connectivity index (χ4v) is 4.91. The van der Waals surface area contributed by atoms with Gasteiger partial charge in [-0.3, -0.25) is 0 Å². The number of nitrogens with zero attached hydrogens (tertiary/aromatic N) is 2. The Labute approximate surface area is 170 Å². The molecule has 4 rings (SSSR count). The minimum Gasteiger partial charge on any atom is -0.371 e. The fourth-order valence-electron chi connectivity index (χ4n) is 4.91. The quantitative estimate of drug-likeness (QED) is 0.736. The summed E-state index contributed by atoms with van der Waals surface area (Å²) >= 11 is 0. The molecule has 1 saturated heterocycles. The van der Waals surface area contributed by atoms with E-state index in [4.69, 9.17) is 0 Å². The third-order valence-electron chi connectivity index (χ3n) is 7.18.